The van der Waals surface area contributed by atoms with Gasteiger partial charge in [-0.2, -0.15) is 0 Å². The summed E-state index contributed by atoms with van der Waals surface area (Å²) >= 11 is 0. The predicted molar refractivity (Wildman–Crippen MR) is 76.3 cm³/mol. The minimum absolute atomic E-state index is 0.137. The second kappa shape index (κ2) is 8.25. The molecule has 0 radical (unpaired) electrons. The maximum Gasteiger partial charge on any atom is 0.123 e. The highest BCUT2D eigenvalue weighted by Gasteiger charge is 2.12. The lowest BCUT2D eigenvalue weighted by atomic mass is 9.96. The Morgan fingerprint density at radius 2 is 1.89 bits per heavy atom. The minimum atomic E-state index is -0.137. The topological polar surface area (TPSA) is 12.0 Å². The van der Waals surface area contributed by atoms with Gasteiger partial charge in [-0.15, -0.1) is 0 Å². The van der Waals surface area contributed by atoms with Crippen LogP contribution in [0.3, 0.4) is 0 Å². The fourth-order valence-electron chi connectivity index (χ4n) is 2.39. The highest BCUT2D eigenvalue weighted by Crippen LogP contribution is 2.23. The van der Waals surface area contributed by atoms with Crippen LogP contribution in [0.4, 0.5) is 4.39 Å². The molecule has 0 aliphatic rings. The van der Waals surface area contributed by atoms with Crippen LogP contribution < -0.4 is 5.32 Å². The van der Waals surface area contributed by atoms with Gasteiger partial charge in [0.05, 0.1) is 0 Å². The summed E-state index contributed by atoms with van der Waals surface area (Å²) in [7, 11) is 1.96. The Morgan fingerprint density at radius 1 is 1.17 bits per heavy atom. The number of halogens is 1. The van der Waals surface area contributed by atoms with Gasteiger partial charge in [-0.1, -0.05) is 45.1 Å². The molecule has 18 heavy (non-hydrogen) atoms. The molecule has 1 N–H and O–H groups in total. The third-order valence-electron chi connectivity index (χ3n) is 3.56. The Hall–Kier alpha value is -0.890. The van der Waals surface area contributed by atoms with E-state index in [1.54, 1.807) is 6.07 Å². The van der Waals surface area contributed by atoms with Gasteiger partial charge in [0.15, 0.2) is 0 Å². The molecule has 0 spiro atoms. The van der Waals surface area contributed by atoms with Crippen molar-refractivity contribution >= 4 is 0 Å². The van der Waals surface area contributed by atoms with E-state index in [0.717, 1.165) is 12.0 Å². The molecule has 0 aromatic heterocycles. The van der Waals surface area contributed by atoms with Gasteiger partial charge >= 0.3 is 0 Å². The average molecular weight is 251 g/mol. The van der Waals surface area contributed by atoms with Gasteiger partial charge in [0, 0.05) is 6.04 Å². The third kappa shape index (κ3) is 4.77. The van der Waals surface area contributed by atoms with E-state index in [2.05, 4.69) is 19.2 Å². The molecule has 102 valence electrons. The largest absolute Gasteiger partial charge is 0.313 e. The Labute approximate surface area is 111 Å². The van der Waals surface area contributed by atoms with E-state index in [1.807, 2.05) is 13.1 Å². The summed E-state index contributed by atoms with van der Waals surface area (Å²) in [4.78, 5) is 0. The Bertz CT molecular complexity index is 349. The van der Waals surface area contributed by atoms with Crippen molar-refractivity contribution in [1.29, 1.82) is 0 Å². The molecule has 0 aliphatic heterocycles. The molecule has 1 aromatic carbocycles. The molecular formula is C16H26FN. The molecule has 0 saturated carbocycles. The second-order valence-electron chi connectivity index (χ2n) is 5.05. The number of hydrogen-bond donors (Lipinski definition) is 1. The molecule has 0 saturated heterocycles. The molecule has 1 unspecified atom stereocenters. The number of unbranched alkanes of at least 4 members (excludes halogenated alkanes) is 4. The van der Waals surface area contributed by atoms with Crippen LogP contribution in [0.25, 0.3) is 0 Å². The third-order valence-corrected chi connectivity index (χ3v) is 3.56. The highest BCUT2D eigenvalue weighted by atomic mass is 19.1. The molecule has 0 amide bonds. The monoisotopic (exact) mass is 251 g/mol. The van der Waals surface area contributed by atoms with Crippen molar-refractivity contribution < 1.29 is 4.39 Å². The molecule has 1 rings (SSSR count). The first-order valence-electron chi connectivity index (χ1n) is 7.12. The number of benzene rings is 1. The van der Waals surface area contributed by atoms with Gasteiger partial charge in [0.2, 0.25) is 0 Å². The van der Waals surface area contributed by atoms with E-state index < -0.39 is 0 Å². The molecule has 0 fully saturated rings. The van der Waals surface area contributed by atoms with Crippen molar-refractivity contribution in [2.45, 2.75) is 58.4 Å². The van der Waals surface area contributed by atoms with Crippen LogP contribution in [0.15, 0.2) is 18.2 Å². The second-order valence-corrected chi connectivity index (χ2v) is 5.05. The number of rotatable bonds is 8. The zero-order valence-electron chi connectivity index (χ0n) is 11.9. The first-order chi connectivity index (χ1) is 8.69. The smallest absolute Gasteiger partial charge is 0.123 e. The lowest BCUT2D eigenvalue weighted by Gasteiger charge is -2.19. The zero-order valence-corrected chi connectivity index (χ0v) is 11.9. The van der Waals surface area contributed by atoms with Gasteiger partial charge in [0.25, 0.3) is 0 Å². The molecule has 0 bridgehead atoms. The van der Waals surface area contributed by atoms with E-state index >= 15 is 0 Å². The van der Waals surface area contributed by atoms with Crippen LogP contribution in [0.1, 0.15) is 62.6 Å². The van der Waals surface area contributed by atoms with Gasteiger partial charge in [-0.3, -0.25) is 0 Å². The van der Waals surface area contributed by atoms with E-state index in [0.29, 0.717) is 0 Å². The Kier molecular flexibility index (Phi) is 6.96. The van der Waals surface area contributed by atoms with E-state index in [-0.39, 0.29) is 11.9 Å². The summed E-state index contributed by atoms with van der Waals surface area (Å²) in [5.41, 5.74) is 2.28. The van der Waals surface area contributed by atoms with Crippen molar-refractivity contribution in [3.63, 3.8) is 0 Å². The first-order valence-corrected chi connectivity index (χ1v) is 7.12. The molecular weight excluding hydrogens is 225 g/mol. The van der Waals surface area contributed by atoms with Crippen molar-refractivity contribution in [1.82, 2.24) is 5.32 Å². The standard InChI is InChI=1S/C16H26FN/c1-4-5-6-7-8-9-16(18-3)15-12-14(17)11-10-13(15)2/h10-12,16,18H,4-9H2,1-3H3. The number of aryl methyl sites for hydroxylation is 1. The van der Waals surface area contributed by atoms with Crippen LogP contribution in [-0.2, 0) is 0 Å². The maximum atomic E-state index is 13.3. The molecule has 0 aliphatic carbocycles. The van der Waals surface area contributed by atoms with Crippen LogP contribution in [0, 0.1) is 12.7 Å². The Morgan fingerprint density at radius 3 is 2.56 bits per heavy atom. The lowest BCUT2D eigenvalue weighted by molar-refractivity contribution is 0.496. The van der Waals surface area contributed by atoms with Gasteiger partial charge < -0.3 is 5.32 Å². The van der Waals surface area contributed by atoms with E-state index in [1.165, 1.54) is 43.7 Å². The predicted octanol–water partition coefficient (Wildman–Crippen LogP) is 4.76. The zero-order chi connectivity index (χ0) is 13.4. The maximum absolute atomic E-state index is 13.3. The molecule has 1 aromatic rings. The summed E-state index contributed by atoms with van der Waals surface area (Å²) in [6, 6.07) is 5.35. The highest BCUT2D eigenvalue weighted by molar-refractivity contribution is 5.29. The van der Waals surface area contributed by atoms with Crippen molar-refractivity contribution in [3.05, 3.63) is 35.1 Å². The van der Waals surface area contributed by atoms with Gasteiger partial charge in [-0.25, -0.2) is 4.39 Å². The summed E-state index contributed by atoms with van der Waals surface area (Å²) < 4.78 is 13.3. The van der Waals surface area contributed by atoms with Gasteiger partial charge in [0.1, 0.15) is 5.82 Å². The fourth-order valence-corrected chi connectivity index (χ4v) is 2.39. The quantitative estimate of drug-likeness (QED) is 0.657. The van der Waals surface area contributed by atoms with Crippen LogP contribution in [0.2, 0.25) is 0 Å². The van der Waals surface area contributed by atoms with E-state index in [9.17, 15) is 4.39 Å². The van der Waals surface area contributed by atoms with Crippen LogP contribution >= 0.6 is 0 Å². The number of nitrogens with one attached hydrogen (secondary N) is 1. The molecule has 1 nitrogen and oxygen atoms in total. The summed E-state index contributed by atoms with van der Waals surface area (Å²) in [6.07, 6.45) is 7.49. The van der Waals surface area contributed by atoms with Crippen molar-refractivity contribution in [2.75, 3.05) is 7.05 Å². The lowest BCUT2D eigenvalue weighted by Crippen LogP contribution is -2.17. The van der Waals surface area contributed by atoms with Gasteiger partial charge in [-0.05, 0) is 43.7 Å². The van der Waals surface area contributed by atoms with Crippen molar-refractivity contribution in [2.24, 2.45) is 0 Å². The number of hydrogen-bond acceptors (Lipinski definition) is 1. The summed E-state index contributed by atoms with van der Waals surface area (Å²) in [5, 5.41) is 3.31. The summed E-state index contributed by atoms with van der Waals surface area (Å²) in [6.45, 7) is 4.28. The van der Waals surface area contributed by atoms with Crippen LogP contribution in [0.5, 0.6) is 0 Å². The fraction of sp³-hybridized carbons (Fsp3) is 0.625. The Balaban J connectivity index is 2.52. The average Bonchev–Trinajstić information content (AvgIpc) is 2.37. The minimum Gasteiger partial charge on any atom is -0.313 e. The molecule has 1 atom stereocenters. The molecule has 2 heteroatoms. The summed E-state index contributed by atoms with van der Waals surface area (Å²) in [5.74, 6) is -0.137. The van der Waals surface area contributed by atoms with Crippen LogP contribution in [-0.4, -0.2) is 7.05 Å². The molecule has 0 heterocycles. The van der Waals surface area contributed by atoms with Crippen molar-refractivity contribution in [3.8, 4) is 0 Å². The SMILES string of the molecule is CCCCCCCC(NC)c1cc(F)ccc1C. The normalized spacial score (nSPS) is 12.7. The van der Waals surface area contributed by atoms with E-state index in [4.69, 9.17) is 0 Å². The first kappa shape index (κ1) is 15.2.